The molecule has 1 rings (SSSR count). The summed E-state index contributed by atoms with van der Waals surface area (Å²) in [5.74, 6) is -1.22. The van der Waals surface area contributed by atoms with E-state index >= 15 is 0 Å². The lowest BCUT2D eigenvalue weighted by Crippen LogP contribution is -2.41. The van der Waals surface area contributed by atoms with Gasteiger partial charge in [-0.05, 0) is 30.4 Å². The Bertz CT molecular complexity index is 470. The Balaban J connectivity index is 2.33. The summed E-state index contributed by atoms with van der Waals surface area (Å²) in [5, 5.41) is 6.31. The summed E-state index contributed by atoms with van der Waals surface area (Å²) in [5.41, 5.74) is 0.802. The van der Waals surface area contributed by atoms with E-state index < -0.39 is 24.5 Å². The average molecular weight is 284 g/mol. The Hall–Kier alpha value is -1.89. The molecule has 0 saturated heterocycles. The minimum Gasteiger partial charge on any atom is -0.451 e. The van der Waals surface area contributed by atoms with Gasteiger partial charge >= 0.3 is 12.0 Å². The zero-order valence-corrected chi connectivity index (χ0v) is 11.6. The molecule has 0 bridgehead atoms. The minimum absolute atomic E-state index is 0.461. The highest BCUT2D eigenvalue weighted by Gasteiger charge is 2.14. The summed E-state index contributed by atoms with van der Waals surface area (Å²) >= 11 is 1.25. The summed E-state index contributed by atoms with van der Waals surface area (Å²) in [6.07, 6.45) is 0.772. The maximum atomic E-state index is 11.6. The number of carbonyl (C=O) groups is 3. The molecule has 19 heavy (non-hydrogen) atoms. The van der Waals surface area contributed by atoms with E-state index in [1.165, 1.54) is 11.3 Å². The summed E-state index contributed by atoms with van der Waals surface area (Å²) in [4.78, 5) is 34.5. The van der Waals surface area contributed by atoms with Crippen LogP contribution in [-0.4, -0.2) is 31.1 Å². The van der Waals surface area contributed by atoms with Crippen LogP contribution in [0.25, 0.3) is 0 Å². The Labute approximate surface area is 115 Å². The van der Waals surface area contributed by atoms with Crippen molar-refractivity contribution in [2.45, 2.75) is 20.3 Å². The molecule has 2 N–H and O–H groups in total. The molecule has 104 valence electrons. The molecule has 0 spiro atoms. The molecule has 0 aromatic carbocycles. The summed E-state index contributed by atoms with van der Waals surface area (Å²) in [7, 11) is 0. The molecule has 0 aliphatic rings. The van der Waals surface area contributed by atoms with Crippen molar-refractivity contribution in [3.05, 3.63) is 21.9 Å². The SMILES string of the molecule is CCCNC(=O)NC(=O)COC(=O)c1sccc1C. The van der Waals surface area contributed by atoms with Crippen LogP contribution in [0.5, 0.6) is 0 Å². The van der Waals surface area contributed by atoms with E-state index in [1.807, 2.05) is 6.92 Å². The number of thiophene rings is 1. The molecule has 1 heterocycles. The van der Waals surface area contributed by atoms with Gasteiger partial charge in [0.25, 0.3) is 5.91 Å². The van der Waals surface area contributed by atoms with Crippen molar-refractivity contribution in [3.63, 3.8) is 0 Å². The van der Waals surface area contributed by atoms with Gasteiger partial charge in [-0.1, -0.05) is 6.92 Å². The van der Waals surface area contributed by atoms with Gasteiger partial charge in [0.15, 0.2) is 6.61 Å². The number of hydrogen-bond donors (Lipinski definition) is 2. The highest BCUT2D eigenvalue weighted by atomic mass is 32.1. The summed E-state index contributed by atoms with van der Waals surface area (Å²) in [6.45, 7) is 3.68. The van der Waals surface area contributed by atoms with Crippen LogP contribution >= 0.6 is 11.3 Å². The maximum Gasteiger partial charge on any atom is 0.349 e. The molecule has 0 aliphatic carbocycles. The first-order chi connectivity index (χ1) is 9.04. The minimum atomic E-state index is -0.656. The van der Waals surface area contributed by atoms with Crippen molar-refractivity contribution in [1.29, 1.82) is 0 Å². The zero-order chi connectivity index (χ0) is 14.3. The predicted molar refractivity (Wildman–Crippen MR) is 71.2 cm³/mol. The van der Waals surface area contributed by atoms with Gasteiger partial charge < -0.3 is 10.1 Å². The van der Waals surface area contributed by atoms with Gasteiger partial charge in [0, 0.05) is 6.54 Å². The van der Waals surface area contributed by atoms with E-state index in [0.717, 1.165) is 12.0 Å². The van der Waals surface area contributed by atoms with Crippen LogP contribution in [0, 0.1) is 6.92 Å². The average Bonchev–Trinajstić information content (AvgIpc) is 2.79. The van der Waals surface area contributed by atoms with Crippen LogP contribution < -0.4 is 10.6 Å². The monoisotopic (exact) mass is 284 g/mol. The molecule has 3 amide bonds. The molecular formula is C12H16N2O4S. The van der Waals surface area contributed by atoms with Crippen LogP contribution in [-0.2, 0) is 9.53 Å². The van der Waals surface area contributed by atoms with Gasteiger partial charge in [0.2, 0.25) is 0 Å². The van der Waals surface area contributed by atoms with E-state index in [1.54, 1.807) is 18.4 Å². The van der Waals surface area contributed by atoms with Crippen LogP contribution in [0.4, 0.5) is 4.79 Å². The number of carbonyl (C=O) groups excluding carboxylic acids is 3. The number of amides is 3. The number of urea groups is 1. The fraction of sp³-hybridized carbons (Fsp3) is 0.417. The second kappa shape index (κ2) is 7.52. The number of nitrogens with one attached hydrogen (secondary N) is 2. The van der Waals surface area contributed by atoms with Crippen LogP contribution in [0.2, 0.25) is 0 Å². The van der Waals surface area contributed by atoms with Gasteiger partial charge in [0.05, 0.1) is 0 Å². The van der Waals surface area contributed by atoms with E-state index in [9.17, 15) is 14.4 Å². The quantitative estimate of drug-likeness (QED) is 0.801. The molecule has 0 fully saturated rings. The van der Waals surface area contributed by atoms with Gasteiger partial charge in [0.1, 0.15) is 4.88 Å². The van der Waals surface area contributed by atoms with Crippen molar-refractivity contribution >= 4 is 29.2 Å². The Kier molecular flexibility index (Phi) is 6.01. The van der Waals surface area contributed by atoms with E-state index in [2.05, 4.69) is 10.6 Å². The van der Waals surface area contributed by atoms with Crippen LogP contribution in [0.1, 0.15) is 28.6 Å². The molecular weight excluding hydrogens is 268 g/mol. The molecule has 1 aromatic heterocycles. The van der Waals surface area contributed by atoms with E-state index in [0.29, 0.717) is 11.4 Å². The fourth-order valence-corrected chi connectivity index (χ4v) is 2.04. The van der Waals surface area contributed by atoms with Crippen molar-refractivity contribution in [2.75, 3.05) is 13.2 Å². The van der Waals surface area contributed by atoms with Crippen molar-refractivity contribution in [3.8, 4) is 0 Å². The van der Waals surface area contributed by atoms with Crippen molar-refractivity contribution in [1.82, 2.24) is 10.6 Å². The fourth-order valence-electron chi connectivity index (χ4n) is 1.22. The smallest absolute Gasteiger partial charge is 0.349 e. The molecule has 1 aromatic rings. The normalized spacial score (nSPS) is 9.79. The largest absolute Gasteiger partial charge is 0.451 e. The molecule has 0 unspecified atom stereocenters. The van der Waals surface area contributed by atoms with Gasteiger partial charge in [-0.2, -0.15) is 0 Å². The maximum absolute atomic E-state index is 11.6. The Morgan fingerprint density at radius 2 is 2.11 bits per heavy atom. The van der Waals surface area contributed by atoms with Gasteiger partial charge in [-0.3, -0.25) is 10.1 Å². The molecule has 0 atom stereocenters. The lowest BCUT2D eigenvalue weighted by Gasteiger charge is -2.06. The third-order valence-electron chi connectivity index (χ3n) is 2.17. The Morgan fingerprint density at radius 3 is 2.68 bits per heavy atom. The lowest BCUT2D eigenvalue weighted by molar-refractivity contribution is -0.123. The lowest BCUT2D eigenvalue weighted by atomic mass is 10.3. The topological polar surface area (TPSA) is 84.5 Å². The highest BCUT2D eigenvalue weighted by Crippen LogP contribution is 2.16. The van der Waals surface area contributed by atoms with E-state index in [4.69, 9.17) is 4.74 Å². The molecule has 7 heteroatoms. The number of aryl methyl sites for hydroxylation is 1. The van der Waals surface area contributed by atoms with Gasteiger partial charge in [-0.25, -0.2) is 9.59 Å². The van der Waals surface area contributed by atoms with Gasteiger partial charge in [-0.15, -0.1) is 11.3 Å². The number of rotatable bonds is 5. The second-order valence-corrected chi connectivity index (χ2v) is 4.73. The number of ether oxygens (including phenoxy) is 1. The number of imide groups is 1. The van der Waals surface area contributed by atoms with E-state index in [-0.39, 0.29) is 0 Å². The summed E-state index contributed by atoms with van der Waals surface area (Å²) < 4.78 is 4.81. The number of esters is 1. The van der Waals surface area contributed by atoms with Crippen molar-refractivity contribution < 1.29 is 19.1 Å². The Morgan fingerprint density at radius 1 is 1.37 bits per heavy atom. The first-order valence-corrected chi connectivity index (χ1v) is 6.71. The second-order valence-electron chi connectivity index (χ2n) is 3.81. The third-order valence-corrected chi connectivity index (χ3v) is 3.17. The highest BCUT2D eigenvalue weighted by molar-refractivity contribution is 7.12. The molecule has 6 nitrogen and oxygen atoms in total. The first kappa shape index (κ1) is 15.2. The summed E-state index contributed by atoms with van der Waals surface area (Å²) in [6, 6.07) is 1.20. The molecule has 0 saturated carbocycles. The van der Waals surface area contributed by atoms with Crippen molar-refractivity contribution in [2.24, 2.45) is 0 Å². The number of hydrogen-bond acceptors (Lipinski definition) is 5. The first-order valence-electron chi connectivity index (χ1n) is 5.83. The predicted octanol–water partition coefficient (Wildman–Crippen LogP) is 1.45. The zero-order valence-electron chi connectivity index (χ0n) is 10.8. The standard InChI is InChI=1S/C12H16N2O4S/c1-3-5-13-12(17)14-9(15)7-18-11(16)10-8(2)4-6-19-10/h4,6H,3,5,7H2,1-2H3,(H2,13,14,15,17). The third kappa shape index (κ3) is 5.09. The van der Waals surface area contributed by atoms with Crippen LogP contribution in [0.15, 0.2) is 11.4 Å². The van der Waals surface area contributed by atoms with Crippen LogP contribution in [0.3, 0.4) is 0 Å². The molecule has 0 radical (unpaired) electrons. The molecule has 0 aliphatic heterocycles.